The quantitative estimate of drug-likeness (QED) is 0.644. The molecule has 3 heterocycles. The Labute approximate surface area is 120 Å². The van der Waals surface area contributed by atoms with Gasteiger partial charge in [0.25, 0.3) is 0 Å². The van der Waals surface area contributed by atoms with Gasteiger partial charge in [0.2, 0.25) is 11.7 Å². The molecule has 0 spiro atoms. The van der Waals surface area contributed by atoms with E-state index in [1.165, 1.54) is 17.4 Å². The molecule has 2 aromatic heterocycles. The number of likely N-dealkylation sites (N-methyl/N-ethyl adjacent to an activating group) is 1. The van der Waals surface area contributed by atoms with Gasteiger partial charge in [-0.3, -0.25) is 14.5 Å². The zero-order valence-corrected chi connectivity index (χ0v) is 11.4. The van der Waals surface area contributed by atoms with E-state index in [4.69, 9.17) is 16.0 Å². The van der Waals surface area contributed by atoms with E-state index in [2.05, 4.69) is 4.98 Å². The lowest BCUT2D eigenvalue weighted by Crippen LogP contribution is -2.31. The summed E-state index contributed by atoms with van der Waals surface area (Å²) in [5.41, 5.74) is 0.533. The first-order valence-electron chi connectivity index (χ1n) is 6.18. The maximum atomic E-state index is 12.4. The second-order valence-electron chi connectivity index (χ2n) is 4.42. The lowest BCUT2D eigenvalue weighted by Gasteiger charge is -2.13. The van der Waals surface area contributed by atoms with Gasteiger partial charge in [-0.05, 0) is 25.1 Å². The monoisotopic (exact) mass is 290 g/mol. The zero-order chi connectivity index (χ0) is 14.3. The maximum Gasteiger partial charge on any atom is 0.243 e. The van der Waals surface area contributed by atoms with Crippen LogP contribution in [0.5, 0.6) is 0 Å². The molecule has 3 rings (SSSR count). The average molecular weight is 291 g/mol. The minimum atomic E-state index is -0.928. The van der Waals surface area contributed by atoms with E-state index in [-0.39, 0.29) is 17.5 Å². The molecule has 6 heteroatoms. The second kappa shape index (κ2) is 4.76. The Bertz CT molecular complexity index is 682. The van der Waals surface area contributed by atoms with Crippen LogP contribution < -0.4 is 4.90 Å². The van der Waals surface area contributed by atoms with E-state index in [1.54, 1.807) is 18.2 Å². The van der Waals surface area contributed by atoms with Gasteiger partial charge in [-0.25, -0.2) is 4.98 Å². The molecule has 5 nitrogen and oxygen atoms in total. The van der Waals surface area contributed by atoms with Crippen molar-refractivity contribution in [2.45, 2.75) is 12.8 Å². The highest BCUT2D eigenvalue weighted by molar-refractivity contribution is 6.31. The fourth-order valence-corrected chi connectivity index (χ4v) is 2.57. The van der Waals surface area contributed by atoms with E-state index < -0.39 is 5.92 Å². The van der Waals surface area contributed by atoms with Crippen LogP contribution in [-0.2, 0) is 4.79 Å². The van der Waals surface area contributed by atoms with Crippen molar-refractivity contribution in [3.05, 3.63) is 47.0 Å². The summed E-state index contributed by atoms with van der Waals surface area (Å²) in [7, 11) is 0. The average Bonchev–Trinajstić information content (AvgIpc) is 3.03. The first kappa shape index (κ1) is 12.9. The first-order chi connectivity index (χ1) is 9.63. The Morgan fingerprint density at radius 1 is 1.55 bits per heavy atom. The summed E-state index contributed by atoms with van der Waals surface area (Å²) in [5, 5.41) is 0.395. The van der Waals surface area contributed by atoms with Gasteiger partial charge in [-0.1, -0.05) is 11.6 Å². The van der Waals surface area contributed by atoms with Gasteiger partial charge in [0.1, 0.15) is 11.7 Å². The number of carbonyl (C=O) groups is 2. The second-order valence-corrected chi connectivity index (χ2v) is 4.86. The van der Waals surface area contributed by atoms with Crippen LogP contribution in [-0.4, -0.2) is 23.2 Å². The number of halogens is 1. The van der Waals surface area contributed by atoms with E-state index >= 15 is 0 Å². The summed E-state index contributed by atoms with van der Waals surface area (Å²) in [6, 6.07) is 4.77. The summed E-state index contributed by atoms with van der Waals surface area (Å²) < 4.78 is 5.10. The number of nitrogens with zero attached hydrogens (tertiary/aromatic N) is 2. The Hall–Kier alpha value is -2.14. The van der Waals surface area contributed by atoms with E-state index in [9.17, 15) is 9.59 Å². The molecule has 20 heavy (non-hydrogen) atoms. The summed E-state index contributed by atoms with van der Waals surface area (Å²) in [6.45, 7) is 2.28. The van der Waals surface area contributed by atoms with E-state index in [0.29, 0.717) is 22.9 Å². The molecule has 0 aliphatic carbocycles. The molecule has 1 aliphatic heterocycles. The number of pyridine rings is 1. The summed E-state index contributed by atoms with van der Waals surface area (Å²) >= 11 is 5.93. The lowest BCUT2D eigenvalue weighted by molar-refractivity contribution is -0.118. The van der Waals surface area contributed by atoms with Crippen molar-refractivity contribution in [3.8, 4) is 0 Å². The third-order valence-electron chi connectivity index (χ3n) is 3.28. The number of fused-ring (bicyclic) bond motifs is 1. The number of furan rings is 1. The third-order valence-corrected chi connectivity index (χ3v) is 3.49. The van der Waals surface area contributed by atoms with Gasteiger partial charge < -0.3 is 4.42 Å². The normalized spacial score (nSPS) is 17.4. The molecule has 1 amide bonds. The van der Waals surface area contributed by atoms with Gasteiger partial charge in [-0.2, -0.15) is 0 Å². The number of anilines is 1. The van der Waals surface area contributed by atoms with Crippen molar-refractivity contribution in [2.24, 2.45) is 0 Å². The number of ketones is 1. The van der Waals surface area contributed by atoms with Gasteiger partial charge in [-0.15, -0.1) is 0 Å². The molecule has 0 bridgehead atoms. The summed E-state index contributed by atoms with van der Waals surface area (Å²) in [5.74, 6) is -0.943. The first-order valence-corrected chi connectivity index (χ1v) is 6.55. The standard InChI is InChI=1S/C14H11ClN2O3/c1-2-17-13-9(6-8(15)7-16-13)11(14(17)19)12(18)10-4-3-5-20-10/h3-7,11H,2H2,1H3. The maximum absolute atomic E-state index is 12.4. The number of Topliss-reactive ketones (excluding diaryl/α,β-unsaturated/α-hetero) is 1. The van der Waals surface area contributed by atoms with Crippen LogP contribution in [0.1, 0.15) is 29.0 Å². The number of aromatic nitrogens is 1. The van der Waals surface area contributed by atoms with E-state index in [0.717, 1.165) is 0 Å². The van der Waals surface area contributed by atoms with Gasteiger partial charge in [0, 0.05) is 18.3 Å². The number of amides is 1. The minimum absolute atomic E-state index is 0.159. The SMILES string of the molecule is CCN1C(=O)C(C(=O)c2ccco2)c2cc(Cl)cnc21. The summed E-state index contributed by atoms with van der Waals surface area (Å²) in [6.07, 6.45) is 2.87. The van der Waals surface area contributed by atoms with Crippen molar-refractivity contribution in [1.29, 1.82) is 0 Å². The fourth-order valence-electron chi connectivity index (χ4n) is 2.40. The molecule has 0 saturated carbocycles. The smallest absolute Gasteiger partial charge is 0.243 e. The van der Waals surface area contributed by atoms with Crippen LogP contribution in [0.25, 0.3) is 0 Å². The van der Waals surface area contributed by atoms with Crippen molar-refractivity contribution in [1.82, 2.24) is 4.98 Å². The number of rotatable bonds is 3. The van der Waals surface area contributed by atoms with Gasteiger partial charge in [0.15, 0.2) is 5.76 Å². The molecule has 1 unspecified atom stereocenters. The van der Waals surface area contributed by atoms with Crippen LogP contribution in [0, 0.1) is 0 Å². The molecule has 2 aromatic rings. The minimum Gasteiger partial charge on any atom is -0.461 e. The number of hydrogen-bond donors (Lipinski definition) is 0. The molecular formula is C14H11ClN2O3. The van der Waals surface area contributed by atoms with Crippen LogP contribution >= 0.6 is 11.6 Å². The van der Waals surface area contributed by atoms with Crippen molar-refractivity contribution < 1.29 is 14.0 Å². The molecule has 0 fully saturated rings. The van der Waals surface area contributed by atoms with Crippen molar-refractivity contribution >= 4 is 29.1 Å². The molecule has 0 radical (unpaired) electrons. The van der Waals surface area contributed by atoms with Crippen molar-refractivity contribution in [3.63, 3.8) is 0 Å². The lowest BCUT2D eigenvalue weighted by atomic mass is 9.96. The topological polar surface area (TPSA) is 63.4 Å². The predicted octanol–water partition coefficient (Wildman–Crippen LogP) is 2.66. The largest absolute Gasteiger partial charge is 0.461 e. The number of hydrogen-bond acceptors (Lipinski definition) is 4. The Morgan fingerprint density at radius 3 is 3.00 bits per heavy atom. The van der Waals surface area contributed by atoms with Gasteiger partial charge in [0.05, 0.1) is 11.3 Å². The molecule has 0 aromatic carbocycles. The van der Waals surface area contributed by atoms with E-state index in [1.807, 2.05) is 6.92 Å². The van der Waals surface area contributed by atoms with Crippen molar-refractivity contribution in [2.75, 3.05) is 11.4 Å². The Morgan fingerprint density at radius 2 is 2.35 bits per heavy atom. The van der Waals surface area contributed by atoms with Gasteiger partial charge >= 0.3 is 0 Å². The van der Waals surface area contributed by atoms with Crippen LogP contribution in [0.4, 0.5) is 5.82 Å². The van der Waals surface area contributed by atoms with Crippen LogP contribution in [0.15, 0.2) is 35.1 Å². The molecule has 1 aliphatic rings. The molecule has 102 valence electrons. The Kier molecular flexibility index (Phi) is 3.06. The highest BCUT2D eigenvalue weighted by Crippen LogP contribution is 2.38. The number of carbonyl (C=O) groups excluding carboxylic acids is 2. The van der Waals surface area contributed by atoms with Crippen LogP contribution in [0.3, 0.4) is 0 Å². The van der Waals surface area contributed by atoms with Crippen LogP contribution in [0.2, 0.25) is 5.02 Å². The zero-order valence-electron chi connectivity index (χ0n) is 10.7. The molecule has 1 atom stereocenters. The molecule has 0 saturated heterocycles. The molecular weight excluding hydrogens is 280 g/mol. The fraction of sp³-hybridized carbons (Fsp3) is 0.214. The third kappa shape index (κ3) is 1.82. The summed E-state index contributed by atoms with van der Waals surface area (Å²) in [4.78, 5) is 30.5. The Balaban J connectivity index is 2.11. The predicted molar refractivity (Wildman–Crippen MR) is 73.1 cm³/mol. The highest BCUT2D eigenvalue weighted by atomic mass is 35.5. The molecule has 0 N–H and O–H groups in total. The highest BCUT2D eigenvalue weighted by Gasteiger charge is 2.43.